The van der Waals surface area contributed by atoms with Gasteiger partial charge in [-0.25, -0.2) is 0 Å². The molecule has 2 aromatic carbocycles. The van der Waals surface area contributed by atoms with Crippen LogP contribution in [0.5, 0.6) is 17.2 Å². The number of carbonyl (C=O) groups is 1. The molecular weight excluding hydrogens is 294 g/mol. The number of rotatable bonds is 7. The summed E-state index contributed by atoms with van der Waals surface area (Å²) < 4.78 is 16.3. The van der Waals surface area contributed by atoms with E-state index in [2.05, 4.69) is 5.32 Å². The van der Waals surface area contributed by atoms with Crippen LogP contribution < -0.4 is 19.5 Å². The van der Waals surface area contributed by atoms with Crippen molar-refractivity contribution in [3.8, 4) is 17.2 Å². The molecule has 2 aromatic rings. The summed E-state index contributed by atoms with van der Waals surface area (Å²) in [5.41, 5.74) is 1.11. The molecule has 1 N–H and O–H groups in total. The molecule has 0 aromatic heterocycles. The van der Waals surface area contributed by atoms with E-state index in [1.165, 1.54) is 0 Å². The molecule has 0 aliphatic carbocycles. The highest BCUT2D eigenvalue weighted by Crippen LogP contribution is 2.29. The minimum Gasteiger partial charge on any atom is -0.495 e. The van der Waals surface area contributed by atoms with Crippen molar-refractivity contribution < 1.29 is 19.0 Å². The largest absolute Gasteiger partial charge is 0.495 e. The number of para-hydroxylation sites is 2. The van der Waals surface area contributed by atoms with Crippen LogP contribution in [0.4, 0.5) is 5.69 Å². The maximum absolute atomic E-state index is 12.4. The van der Waals surface area contributed by atoms with Gasteiger partial charge in [0.25, 0.3) is 5.91 Å². The molecule has 0 heterocycles. The number of carbonyl (C=O) groups excluding carboxylic acids is 1. The van der Waals surface area contributed by atoms with Gasteiger partial charge < -0.3 is 19.5 Å². The minimum absolute atomic E-state index is 0.237. The highest BCUT2D eigenvalue weighted by Gasteiger charge is 2.13. The molecule has 0 saturated carbocycles. The standard InChI is InChI=1S/C18H21NO4/c1-4-22-16-11-10-13(12-17(16)23-5-2)18(20)19-14-8-6-7-9-15(14)21-3/h6-12H,4-5H2,1-3H3,(H,19,20). The van der Waals surface area contributed by atoms with Crippen LogP contribution >= 0.6 is 0 Å². The lowest BCUT2D eigenvalue weighted by Crippen LogP contribution is -2.13. The predicted octanol–water partition coefficient (Wildman–Crippen LogP) is 3.74. The Hall–Kier alpha value is -2.69. The number of nitrogens with one attached hydrogen (secondary N) is 1. The normalized spacial score (nSPS) is 10.0. The van der Waals surface area contributed by atoms with E-state index in [1.807, 2.05) is 26.0 Å². The van der Waals surface area contributed by atoms with Crippen molar-refractivity contribution in [3.05, 3.63) is 48.0 Å². The quantitative estimate of drug-likeness (QED) is 0.845. The van der Waals surface area contributed by atoms with Crippen molar-refractivity contribution in [3.63, 3.8) is 0 Å². The SMILES string of the molecule is CCOc1ccc(C(=O)Nc2ccccc2OC)cc1OCC. The summed E-state index contributed by atoms with van der Waals surface area (Å²) >= 11 is 0. The number of methoxy groups -OCH3 is 1. The Bertz CT molecular complexity index is 670. The van der Waals surface area contributed by atoms with Crippen molar-refractivity contribution in [1.29, 1.82) is 0 Å². The molecule has 5 nitrogen and oxygen atoms in total. The third-order valence-electron chi connectivity index (χ3n) is 3.16. The lowest BCUT2D eigenvalue weighted by molar-refractivity contribution is 0.102. The van der Waals surface area contributed by atoms with Gasteiger partial charge in [-0.1, -0.05) is 12.1 Å². The Labute approximate surface area is 136 Å². The Morgan fingerprint density at radius 3 is 2.35 bits per heavy atom. The molecule has 1 amide bonds. The monoisotopic (exact) mass is 315 g/mol. The average molecular weight is 315 g/mol. The van der Waals surface area contributed by atoms with E-state index in [4.69, 9.17) is 14.2 Å². The smallest absolute Gasteiger partial charge is 0.255 e. The molecule has 23 heavy (non-hydrogen) atoms. The molecule has 0 atom stereocenters. The van der Waals surface area contributed by atoms with Crippen molar-refractivity contribution in [2.45, 2.75) is 13.8 Å². The van der Waals surface area contributed by atoms with Crippen LogP contribution in [0.15, 0.2) is 42.5 Å². The molecule has 0 bridgehead atoms. The summed E-state index contributed by atoms with van der Waals surface area (Å²) in [5, 5.41) is 2.84. The van der Waals surface area contributed by atoms with Gasteiger partial charge in [-0.15, -0.1) is 0 Å². The van der Waals surface area contributed by atoms with Gasteiger partial charge in [0.05, 0.1) is 26.0 Å². The van der Waals surface area contributed by atoms with Gasteiger partial charge in [0.2, 0.25) is 0 Å². The molecule has 0 radical (unpaired) electrons. The first-order valence-corrected chi connectivity index (χ1v) is 7.53. The first-order valence-electron chi connectivity index (χ1n) is 7.53. The van der Waals surface area contributed by atoms with E-state index in [0.29, 0.717) is 41.7 Å². The molecule has 122 valence electrons. The molecule has 0 unspecified atom stereocenters. The van der Waals surface area contributed by atoms with Gasteiger partial charge in [0.15, 0.2) is 11.5 Å². The third-order valence-corrected chi connectivity index (χ3v) is 3.16. The van der Waals surface area contributed by atoms with Crippen LogP contribution in [0.1, 0.15) is 24.2 Å². The number of benzene rings is 2. The zero-order valence-electron chi connectivity index (χ0n) is 13.6. The van der Waals surface area contributed by atoms with Gasteiger partial charge in [-0.05, 0) is 44.2 Å². The molecule has 0 spiro atoms. The Kier molecular flexibility index (Phi) is 5.86. The fourth-order valence-electron chi connectivity index (χ4n) is 2.13. The molecule has 0 fully saturated rings. The molecule has 0 aliphatic heterocycles. The second-order valence-electron chi connectivity index (χ2n) is 4.68. The van der Waals surface area contributed by atoms with Crippen molar-refractivity contribution in [2.75, 3.05) is 25.6 Å². The maximum Gasteiger partial charge on any atom is 0.255 e. The van der Waals surface area contributed by atoms with Crippen LogP contribution in [0, 0.1) is 0 Å². The highest BCUT2D eigenvalue weighted by molar-refractivity contribution is 6.05. The van der Waals surface area contributed by atoms with Crippen molar-refractivity contribution in [1.82, 2.24) is 0 Å². The minimum atomic E-state index is -0.237. The highest BCUT2D eigenvalue weighted by atomic mass is 16.5. The summed E-state index contributed by atoms with van der Waals surface area (Å²) in [7, 11) is 1.56. The number of hydrogen-bond donors (Lipinski definition) is 1. The Morgan fingerprint density at radius 1 is 0.957 bits per heavy atom. The number of amides is 1. The van der Waals surface area contributed by atoms with E-state index >= 15 is 0 Å². The molecule has 0 aliphatic rings. The Morgan fingerprint density at radius 2 is 1.65 bits per heavy atom. The summed E-state index contributed by atoms with van der Waals surface area (Å²) in [6, 6.07) is 12.4. The zero-order chi connectivity index (χ0) is 16.7. The summed E-state index contributed by atoms with van der Waals surface area (Å²) in [4.78, 5) is 12.4. The fraction of sp³-hybridized carbons (Fsp3) is 0.278. The number of anilines is 1. The van der Waals surface area contributed by atoms with Crippen molar-refractivity contribution in [2.24, 2.45) is 0 Å². The van der Waals surface area contributed by atoms with Gasteiger partial charge in [0.1, 0.15) is 5.75 Å². The zero-order valence-corrected chi connectivity index (χ0v) is 13.6. The van der Waals surface area contributed by atoms with E-state index in [1.54, 1.807) is 37.4 Å². The van der Waals surface area contributed by atoms with Crippen LogP contribution in [0.25, 0.3) is 0 Å². The first-order chi connectivity index (χ1) is 11.2. The summed E-state index contributed by atoms with van der Waals surface area (Å²) in [6.07, 6.45) is 0. The Balaban J connectivity index is 2.23. The van der Waals surface area contributed by atoms with Gasteiger partial charge >= 0.3 is 0 Å². The predicted molar refractivity (Wildman–Crippen MR) is 89.7 cm³/mol. The summed E-state index contributed by atoms with van der Waals surface area (Å²) in [5.74, 6) is 1.56. The first kappa shape index (κ1) is 16.7. The van der Waals surface area contributed by atoms with Gasteiger partial charge in [-0.2, -0.15) is 0 Å². The molecular formula is C18H21NO4. The van der Waals surface area contributed by atoms with Gasteiger partial charge in [0, 0.05) is 5.56 Å². The van der Waals surface area contributed by atoms with Crippen molar-refractivity contribution >= 4 is 11.6 Å². The van der Waals surface area contributed by atoms with E-state index < -0.39 is 0 Å². The van der Waals surface area contributed by atoms with Crippen LogP contribution in [-0.2, 0) is 0 Å². The van der Waals surface area contributed by atoms with Gasteiger partial charge in [-0.3, -0.25) is 4.79 Å². The second kappa shape index (κ2) is 8.08. The molecule has 0 saturated heterocycles. The van der Waals surface area contributed by atoms with Crippen LogP contribution in [0.2, 0.25) is 0 Å². The summed E-state index contributed by atoms with van der Waals surface area (Å²) in [6.45, 7) is 4.82. The third kappa shape index (κ3) is 4.16. The van der Waals surface area contributed by atoms with Crippen LogP contribution in [0.3, 0.4) is 0 Å². The average Bonchev–Trinajstić information content (AvgIpc) is 2.57. The van der Waals surface area contributed by atoms with E-state index in [9.17, 15) is 4.79 Å². The lowest BCUT2D eigenvalue weighted by atomic mass is 10.1. The molecule has 5 heteroatoms. The second-order valence-corrected chi connectivity index (χ2v) is 4.68. The maximum atomic E-state index is 12.4. The number of ether oxygens (including phenoxy) is 3. The lowest BCUT2D eigenvalue weighted by Gasteiger charge is -2.13. The topological polar surface area (TPSA) is 56.8 Å². The number of hydrogen-bond acceptors (Lipinski definition) is 4. The van der Waals surface area contributed by atoms with E-state index in [0.717, 1.165) is 0 Å². The molecule has 2 rings (SSSR count). The fourth-order valence-corrected chi connectivity index (χ4v) is 2.13. The van der Waals surface area contributed by atoms with E-state index in [-0.39, 0.29) is 5.91 Å². The van der Waals surface area contributed by atoms with Crippen LogP contribution in [-0.4, -0.2) is 26.2 Å².